The van der Waals surface area contributed by atoms with Crippen LogP contribution in [-0.2, 0) is 4.74 Å². The van der Waals surface area contributed by atoms with Gasteiger partial charge in [-0.25, -0.2) is 0 Å². The highest BCUT2D eigenvalue weighted by atomic mass is 32.1. The highest BCUT2D eigenvalue weighted by Gasteiger charge is 2.17. The SMILES string of the molecule is CN1CCOC(CNc2cccnc2C(N)=S)C1. The van der Waals surface area contributed by atoms with Gasteiger partial charge in [-0.05, 0) is 19.2 Å². The number of morpholine rings is 1. The van der Waals surface area contributed by atoms with Crippen LogP contribution in [-0.4, -0.2) is 54.3 Å². The second-order valence-corrected chi connectivity index (χ2v) is 4.84. The maximum atomic E-state index is 5.68. The Morgan fingerprint density at radius 1 is 1.72 bits per heavy atom. The molecule has 6 heteroatoms. The zero-order valence-corrected chi connectivity index (χ0v) is 11.2. The maximum Gasteiger partial charge on any atom is 0.124 e. The maximum absolute atomic E-state index is 5.68. The average Bonchev–Trinajstić information content (AvgIpc) is 2.37. The van der Waals surface area contributed by atoms with Crippen LogP contribution in [0.2, 0.25) is 0 Å². The van der Waals surface area contributed by atoms with E-state index in [4.69, 9.17) is 22.7 Å². The summed E-state index contributed by atoms with van der Waals surface area (Å²) in [6.45, 7) is 3.42. The van der Waals surface area contributed by atoms with Crippen molar-refractivity contribution in [1.82, 2.24) is 9.88 Å². The fraction of sp³-hybridized carbons (Fsp3) is 0.500. The van der Waals surface area contributed by atoms with Crippen molar-refractivity contribution in [2.75, 3.05) is 38.6 Å². The molecule has 5 nitrogen and oxygen atoms in total. The summed E-state index contributed by atoms with van der Waals surface area (Å²) >= 11 is 4.97. The number of nitrogens with one attached hydrogen (secondary N) is 1. The third-order valence-electron chi connectivity index (χ3n) is 2.90. The first-order valence-corrected chi connectivity index (χ1v) is 6.36. The van der Waals surface area contributed by atoms with Gasteiger partial charge in [0.2, 0.25) is 0 Å². The Morgan fingerprint density at radius 3 is 3.28 bits per heavy atom. The normalized spacial score (nSPS) is 20.6. The predicted molar refractivity (Wildman–Crippen MR) is 75.9 cm³/mol. The molecule has 0 bridgehead atoms. The lowest BCUT2D eigenvalue weighted by atomic mass is 10.2. The van der Waals surface area contributed by atoms with Crippen LogP contribution in [0.1, 0.15) is 5.69 Å². The Kier molecular flexibility index (Phi) is 4.46. The lowest BCUT2D eigenvalue weighted by Gasteiger charge is -2.30. The van der Waals surface area contributed by atoms with Crippen LogP contribution < -0.4 is 11.1 Å². The minimum atomic E-state index is 0.183. The molecule has 1 atom stereocenters. The fourth-order valence-corrected chi connectivity index (χ4v) is 2.12. The molecule has 18 heavy (non-hydrogen) atoms. The van der Waals surface area contributed by atoms with Crippen molar-refractivity contribution in [3.63, 3.8) is 0 Å². The molecule has 98 valence electrons. The number of hydrogen-bond acceptors (Lipinski definition) is 5. The van der Waals surface area contributed by atoms with Gasteiger partial charge in [0.05, 0.1) is 18.4 Å². The molecular weight excluding hydrogens is 248 g/mol. The number of anilines is 1. The predicted octanol–water partition coefficient (Wildman–Crippen LogP) is 0.458. The van der Waals surface area contributed by atoms with Crippen molar-refractivity contribution in [1.29, 1.82) is 0 Å². The molecule has 2 rings (SSSR count). The molecule has 1 saturated heterocycles. The zero-order chi connectivity index (χ0) is 13.0. The van der Waals surface area contributed by atoms with Crippen molar-refractivity contribution in [3.05, 3.63) is 24.0 Å². The van der Waals surface area contributed by atoms with E-state index in [9.17, 15) is 0 Å². The molecule has 0 amide bonds. The van der Waals surface area contributed by atoms with Gasteiger partial charge in [-0.1, -0.05) is 12.2 Å². The van der Waals surface area contributed by atoms with Gasteiger partial charge in [-0.2, -0.15) is 0 Å². The first-order valence-electron chi connectivity index (χ1n) is 5.95. The molecule has 1 aliphatic rings. The van der Waals surface area contributed by atoms with Crippen LogP contribution in [0.5, 0.6) is 0 Å². The van der Waals surface area contributed by atoms with Gasteiger partial charge in [-0.15, -0.1) is 0 Å². The number of nitrogens with two attached hydrogens (primary N) is 1. The quantitative estimate of drug-likeness (QED) is 0.772. The third kappa shape index (κ3) is 3.38. The van der Waals surface area contributed by atoms with Crippen LogP contribution in [0.15, 0.2) is 18.3 Å². The summed E-state index contributed by atoms with van der Waals surface area (Å²) in [4.78, 5) is 6.74. The van der Waals surface area contributed by atoms with Crippen LogP contribution in [0.4, 0.5) is 5.69 Å². The van der Waals surface area contributed by atoms with Gasteiger partial charge in [0, 0.05) is 25.8 Å². The lowest BCUT2D eigenvalue weighted by molar-refractivity contribution is -0.0117. The average molecular weight is 266 g/mol. The second-order valence-electron chi connectivity index (χ2n) is 4.40. The summed E-state index contributed by atoms with van der Waals surface area (Å²) in [5.41, 5.74) is 7.13. The summed E-state index contributed by atoms with van der Waals surface area (Å²) in [6, 6.07) is 3.78. The number of pyridine rings is 1. The molecule has 0 saturated carbocycles. The van der Waals surface area contributed by atoms with Gasteiger partial charge in [0.25, 0.3) is 0 Å². The Hall–Kier alpha value is -1.24. The van der Waals surface area contributed by atoms with E-state index < -0.39 is 0 Å². The second kappa shape index (κ2) is 6.08. The van der Waals surface area contributed by atoms with Crippen molar-refractivity contribution >= 4 is 22.9 Å². The van der Waals surface area contributed by atoms with E-state index in [0.717, 1.165) is 31.9 Å². The summed E-state index contributed by atoms with van der Waals surface area (Å²) in [5.74, 6) is 0. The Bertz CT molecular complexity index is 426. The van der Waals surface area contributed by atoms with E-state index in [1.807, 2.05) is 12.1 Å². The van der Waals surface area contributed by atoms with Crippen molar-refractivity contribution in [2.24, 2.45) is 5.73 Å². The molecule has 2 heterocycles. The Labute approximate surface area is 112 Å². The first kappa shape index (κ1) is 13.2. The number of aromatic nitrogens is 1. The third-order valence-corrected chi connectivity index (χ3v) is 3.10. The number of thiocarbonyl (C=S) groups is 1. The summed E-state index contributed by atoms with van der Waals surface area (Å²) < 4.78 is 5.68. The number of rotatable bonds is 4. The van der Waals surface area contributed by atoms with E-state index in [0.29, 0.717) is 10.7 Å². The van der Waals surface area contributed by atoms with Crippen molar-refractivity contribution in [2.45, 2.75) is 6.10 Å². The summed E-state index contributed by atoms with van der Waals surface area (Å²) in [6.07, 6.45) is 1.87. The van der Waals surface area contributed by atoms with Crippen molar-refractivity contribution in [3.8, 4) is 0 Å². The van der Waals surface area contributed by atoms with E-state index in [1.54, 1.807) is 6.20 Å². The standard InChI is InChI=1S/C12H18N4OS/c1-16-5-6-17-9(8-16)7-15-10-3-2-4-14-11(10)12(13)18/h2-4,9,15H,5-8H2,1H3,(H2,13,18). The topological polar surface area (TPSA) is 63.4 Å². The van der Waals surface area contributed by atoms with Gasteiger partial charge < -0.3 is 20.7 Å². The Morgan fingerprint density at radius 2 is 2.56 bits per heavy atom. The molecule has 0 aliphatic carbocycles. The fourth-order valence-electron chi connectivity index (χ4n) is 1.96. The van der Waals surface area contributed by atoms with Crippen LogP contribution in [0, 0.1) is 0 Å². The number of hydrogen-bond donors (Lipinski definition) is 2. The molecule has 1 aliphatic heterocycles. The van der Waals surface area contributed by atoms with Crippen molar-refractivity contribution < 1.29 is 4.74 Å². The van der Waals surface area contributed by atoms with Crippen LogP contribution >= 0.6 is 12.2 Å². The van der Waals surface area contributed by atoms with Gasteiger partial charge in [0.1, 0.15) is 10.7 Å². The van der Waals surface area contributed by atoms with Crippen LogP contribution in [0.25, 0.3) is 0 Å². The zero-order valence-electron chi connectivity index (χ0n) is 10.4. The smallest absolute Gasteiger partial charge is 0.124 e. The molecule has 1 aromatic heterocycles. The molecule has 0 radical (unpaired) electrons. The number of nitrogens with zero attached hydrogens (tertiary/aromatic N) is 2. The van der Waals surface area contributed by atoms with E-state index >= 15 is 0 Å². The molecule has 0 aromatic carbocycles. The minimum Gasteiger partial charge on any atom is -0.388 e. The van der Waals surface area contributed by atoms with Gasteiger partial charge in [0.15, 0.2) is 0 Å². The van der Waals surface area contributed by atoms with E-state index in [2.05, 4.69) is 22.2 Å². The molecule has 3 N–H and O–H groups in total. The molecule has 1 fully saturated rings. The molecule has 1 unspecified atom stereocenters. The van der Waals surface area contributed by atoms with E-state index in [1.165, 1.54) is 0 Å². The highest BCUT2D eigenvalue weighted by Crippen LogP contribution is 2.13. The van der Waals surface area contributed by atoms with E-state index in [-0.39, 0.29) is 6.10 Å². The lowest BCUT2D eigenvalue weighted by Crippen LogP contribution is -2.43. The summed E-state index contributed by atoms with van der Waals surface area (Å²) in [7, 11) is 2.10. The summed E-state index contributed by atoms with van der Waals surface area (Å²) in [5, 5.41) is 3.30. The molecule has 1 aromatic rings. The van der Waals surface area contributed by atoms with Gasteiger partial charge in [-0.3, -0.25) is 4.98 Å². The molecular formula is C12H18N4OS. The number of likely N-dealkylation sites (N-methyl/N-ethyl adjacent to an activating group) is 1. The Balaban J connectivity index is 1.95. The highest BCUT2D eigenvalue weighted by molar-refractivity contribution is 7.80. The molecule has 0 spiro atoms. The monoisotopic (exact) mass is 266 g/mol. The first-order chi connectivity index (χ1) is 8.66. The minimum absolute atomic E-state index is 0.183. The van der Waals surface area contributed by atoms with Crippen LogP contribution in [0.3, 0.4) is 0 Å². The van der Waals surface area contributed by atoms with Gasteiger partial charge >= 0.3 is 0 Å². The number of ether oxygens (including phenoxy) is 1. The largest absolute Gasteiger partial charge is 0.388 e.